The predicted molar refractivity (Wildman–Crippen MR) is 316 cm³/mol. The molecule has 73 heavy (non-hydrogen) atoms. The van der Waals surface area contributed by atoms with Gasteiger partial charge in [0.05, 0.1) is 5.59 Å². The van der Waals surface area contributed by atoms with Crippen molar-refractivity contribution in [3.8, 4) is 10.6 Å². The van der Waals surface area contributed by atoms with Crippen molar-refractivity contribution in [2.45, 2.75) is 181 Å². The van der Waals surface area contributed by atoms with Gasteiger partial charge in [-0.15, -0.1) is 0 Å². The van der Waals surface area contributed by atoms with Gasteiger partial charge in [0.1, 0.15) is 21.2 Å². The third-order valence-electron chi connectivity index (χ3n) is 18.1. The number of nitrogens with zero attached hydrogens (tertiary/aromatic N) is 3. The molecule has 4 aliphatic rings. The summed E-state index contributed by atoms with van der Waals surface area (Å²) in [5.41, 5.74) is 23.0. The van der Waals surface area contributed by atoms with Crippen LogP contribution in [0.1, 0.15) is 182 Å². The highest BCUT2D eigenvalue weighted by Gasteiger charge is 2.49. The number of aromatic nitrogens is 1. The van der Waals surface area contributed by atoms with Crippen molar-refractivity contribution in [1.29, 1.82) is 0 Å². The lowest BCUT2D eigenvalue weighted by Gasteiger charge is -2.47. The van der Waals surface area contributed by atoms with Gasteiger partial charge in [-0.3, -0.25) is 0 Å². The molecule has 2 aliphatic carbocycles. The molecule has 2 aromatic heterocycles. The summed E-state index contributed by atoms with van der Waals surface area (Å²) in [4.78, 5) is 11.3. The van der Waals surface area contributed by atoms with Crippen LogP contribution in [0, 0.1) is 0 Å². The quantitative estimate of drug-likeness (QED) is 0.165. The molecule has 0 fully saturated rings. The van der Waals surface area contributed by atoms with Crippen LogP contribution >= 0.6 is 11.3 Å². The summed E-state index contributed by atoms with van der Waals surface area (Å²) >= 11 is 1.84. The van der Waals surface area contributed by atoms with Crippen LogP contribution in [0.5, 0.6) is 0 Å². The lowest BCUT2D eigenvalue weighted by molar-refractivity contribution is 0.332. The van der Waals surface area contributed by atoms with Crippen LogP contribution in [0.25, 0.3) is 32.5 Å². The predicted octanol–water partition coefficient (Wildman–Crippen LogP) is 17.4. The van der Waals surface area contributed by atoms with E-state index in [-0.39, 0.29) is 44.6 Å². The zero-order valence-corrected chi connectivity index (χ0v) is 47.7. The molecule has 6 heteroatoms. The van der Waals surface area contributed by atoms with Gasteiger partial charge in [-0.2, -0.15) is 0 Å². The van der Waals surface area contributed by atoms with Crippen molar-refractivity contribution < 1.29 is 4.42 Å². The molecule has 0 radical (unpaired) electrons. The van der Waals surface area contributed by atoms with Crippen molar-refractivity contribution >= 4 is 89.9 Å². The number of anilines is 6. The molecule has 0 N–H and O–H groups in total. The van der Waals surface area contributed by atoms with Gasteiger partial charge in [0.2, 0.25) is 0 Å². The number of furan rings is 1. The Morgan fingerprint density at radius 3 is 1.59 bits per heavy atom. The molecule has 0 bridgehead atoms. The fourth-order valence-electron chi connectivity index (χ4n) is 13.0. The number of thiazole rings is 1. The largest absolute Gasteiger partial charge is 0.456 e. The number of hydrogen-bond donors (Lipinski definition) is 0. The van der Waals surface area contributed by atoms with Crippen molar-refractivity contribution in [2.24, 2.45) is 0 Å². The van der Waals surface area contributed by atoms with E-state index in [2.05, 4.69) is 231 Å². The van der Waals surface area contributed by atoms with E-state index in [9.17, 15) is 0 Å². The summed E-state index contributed by atoms with van der Waals surface area (Å²) in [6.07, 6.45) is 4.66. The van der Waals surface area contributed by atoms with E-state index in [1.54, 1.807) is 0 Å². The molecule has 12 rings (SSSR count). The Balaban J connectivity index is 1.18. The summed E-state index contributed by atoms with van der Waals surface area (Å²) < 4.78 is 6.52. The first kappa shape index (κ1) is 48.4. The topological polar surface area (TPSA) is 32.5 Å². The van der Waals surface area contributed by atoms with Crippen LogP contribution in [0.4, 0.5) is 33.4 Å². The highest BCUT2D eigenvalue weighted by atomic mass is 32.1. The Morgan fingerprint density at radius 1 is 0.479 bits per heavy atom. The molecule has 2 aliphatic heterocycles. The maximum atomic E-state index is 6.52. The van der Waals surface area contributed by atoms with Crippen LogP contribution < -0.4 is 26.3 Å². The number of hydrogen-bond acceptors (Lipinski definition) is 5. The van der Waals surface area contributed by atoms with Crippen molar-refractivity contribution in [1.82, 2.24) is 4.98 Å². The van der Waals surface area contributed by atoms with Gasteiger partial charge in [0.25, 0.3) is 6.71 Å². The Bertz CT molecular complexity index is 3600. The molecule has 0 saturated carbocycles. The number of fused-ring (bicyclic) bond motifs is 9. The fourth-order valence-corrected chi connectivity index (χ4v) is 14.1. The molecule has 8 aromatic rings. The van der Waals surface area contributed by atoms with Gasteiger partial charge in [-0.05, 0) is 186 Å². The average Bonchev–Trinajstić information content (AvgIpc) is 3.92. The first-order chi connectivity index (χ1) is 34.0. The van der Waals surface area contributed by atoms with E-state index in [4.69, 9.17) is 9.40 Å². The molecule has 4 nitrogen and oxygen atoms in total. The minimum Gasteiger partial charge on any atom is -0.456 e. The third-order valence-corrected chi connectivity index (χ3v) is 19.2. The lowest BCUT2D eigenvalue weighted by atomic mass is 9.35. The Hall–Kier alpha value is -5.59. The van der Waals surface area contributed by atoms with Crippen LogP contribution in [-0.2, 0) is 37.9 Å². The SMILES string of the molecule is CC(C)(C)c1ccc(N2c3cc(C(C)(C)C)cc4c3B(c3cc5c(cc3N4c3ccc4c(c3)C(C)(C)CCC4(C)C)C(C)(C)CCC5(C)C)c3nc(-c4ccc5oc6ccc(C(C)(C)C)cc6c5c4)sc32)cc1. The van der Waals surface area contributed by atoms with Crippen LogP contribution in [-0.4, -0.2) is 11.7 Å². The molecule has 4 heterocycles. The molecule has 0 atom stereocenters. The fraction of sp³-hybridized carbons (Fsp3) is 0.418. The highest BCUT2D eigenvalue weighted by Crippen LogP contribution is 2.54. The molecule has 0 spiro atoms. The van der Waals surface area contributed by atoms with E-state index in [1.165, 1.54) is 90.5 Å². The molecule has 0 unspecified atom stereocenters. The zero-order valence-electron chi connectivity index (χ0n) is 46.9. The standard InChI is InChI=1S/C67H76BN3OS/c1-61(2,3)40-19-22-43(23-20-40)71-54-35-42(63(7,8)9)34-53-57(54)68(58-60(71)73-59(69-58)39-18-26-55-45(32-39)46-33-41(62(4,5)6)21-27-56(46)72-55)51-37-49-50(67(16,17)31-30-66(49,14)15)38-52(51)70(53)44-24-25-47-48(36-44)65(12,13)29-28-64(47,10)11/h18-27,32-38H,28-31H2,1-17H3. The normalized spacial score (nSPS) is 18.3. The Labute approximate surface area is 440 Å². The number of benzene rings is 6. The van der Waals surface area contributed by atoms with Crippen LogP contribution in [0.2, 0.25) is 0 Å². The lowest BCUT2D eigenvalue weighted by Crippen LogP contribution is -2.62. The Kier molecular flexibility index (Phi) is 10.3. The second-order valence-electron chi connectivity index (χ2n) is 28.3. The highest BCUT2D eigenvalue weighted by molar-refractivity contribution is 7.22. The van der Waals surface area contributed by atoms with E-state index in [1.807, 2.05) is 11.3 Å². The van der Waals surface area contributed by atoms with E-state index in [0.717, 1.165) is 56.6 Å². The van der Waals surface area contributed by atoms with E-state index in [0.29, 0.717) is 0 Å². The second kappa shape index (κ2) is 15.5. The maximum Gasteiger partial charge on any atom is 0.276 e. The van der Waals surface area contributed by atoms with Crippen molar-refractivity contribution in [3.05, 3.63) is 142 Å². The summed E-state index contributed by atoms with van der Waals surface area (Å²) in [6, 6.07) is 40.8. The average molecular weight is 982 g/mol. The van der Waals surface area contributed by atoms with Gasteiger partial charge >= 0.3 is 0 Å². The molecule has 374 valence electrons. The third kappa shape index (κ3) is 7.52. The summed E-state index contributed by atoms with van der Waals surface area (Å²) in [6.45, 7) is 40.6. The first-order valence-electron chi connectivity index (χ1n) is 27.2. The smallest absolute Gasteiger partial charge is 0.276 e. The van der Waals surface area contributed by atoms with Gasteiger partial charge in [0.15, 0.2) is 0 Å². The van der Waals surface area contributed by atoms with Crippen LogP contribution in [0.15, 0.2) is 108 Å². The van der Waals surface area contributed by atoms with Crippen molar-refractivity contribution in [2.75, 3.05) is 9.80 Å². The van der Waals surface area contributed by atoms with Gasteiger partial charge in [0, 0.05) is 44.8 Å². The van der Waals surface area contributed by atoms with Gasteiger partial charge in [-0.1, -0.05) is 159 Å². The zero-order chi connectivity index (χ0) is 51.9. The van der Waals surface area contributed by atoms with E-state index >= 15 is 0 Å². The molecule has 0 amide bonds. The summed E-state index contributed by atoms with van der Waals surface area (Å²) in [5, 5.41) is 4.50. The molecule has 6 aromatic carbocycles. The summed E-state index contributed by atoms with van der Waals surface area (Å²) in [5.74, 6) is 0. The molecule has 0 saturated heterocycles. The molecular weight excluding hydrogens is 906 g/mol. The minimum atomic E-state index is -0.132. The summed E-state index contributed by atoms with van der Waals surface area (Å²) in [7, 11) is 0. The number of rotatable bonds is 3. The van der Waals surface area contributed by atoms with Crippen LogP contribution in [0.3, 0.4) is 0 Å². The van der Waals surface area contributed by atoms with Crippen molar-refractivity contribution in [3.63, 3.8) is 0 Å². The van der Waals surface area contributed by atoms with Gasteiger partial charge < -0.3 is 14.2 Å². The second-order valence-corrected chi connectivity index (χ2v) is 29.3. The van der Waals surface area contributed by atoms with Gasteiger partial charge in [-0.25, -0.2) is 4.98 Å². The maximum absolute atomic E-state index is 6.52. The minimum absolute atomic E-state index is 0.0164. The Morgan fingerprint density at radius 2 is 0.986 bits per heavy atom. The first-order valence-corrected chi connectivity index (χ1v) is 28.0. The molecular formula is C67H76BN3OS. The monoisotopic (exact) mass is 982 g/mol. The van der Waals surface area contributed by atoms with E-state index < -0.39 is 0 Å².